The highest BCUT2D eigenvalue weighted by Gasteiger charge is 2.41. The number of hydrogen-bond acceptors (Lipinski definition) is 8. The number of amides is 7. The van der Waals surface area contributed by atoms with Crippen molar-refractivity contribution in [3.63, 3.8) is 0 Å². The van der Waals surface area contributed by atoms with Crippen LogP contribution in [0.3, 0.4) is 0 Å². The van der Waals surface area contributed by atoms with E-state index in [1.165, 1.54) is 4.90 Å². The Morgan fingerprint density at radius 1 is 0.825 bits per heavy atom. The first-order valence-corrected chi connectivity index (χ1v) is 19.8. The summed E-state index contributed by atoms with van der Waals surface area (Å²) < 4.78 is 0. The SMILES string of the molecule is CNCC(=O)N[C@H](C(=O)NC(C(=O)N[C@@H](CCCNC(N)=O)C(=O)N1Cc2ccccc2C[C@H]1C(=O)N[C@@H](Cc1ccccc1)C(=O)O)C1CCCCC1)C(C)C. The van der Waals surface area contributed by atoms with Crippen LogP contribution in [0.1, 0.15) is 75.5 Å². The zero-order chi connectivity index (χ0) is 41.5. The molecule has 1 aliphatic carbocycles. The molecule has 5 atom stereocenters. The van der Waals surface area contributed by atoms with Crippen LogP contribution >= 0.6 is 0 Å². The highest BCUT2D eigenvalue weighted by atomic mass is 16.4. The molecule has 2 aromatic carbocycles. The second-order valence-electron chi connectivity index (χ2n) is 15.2. The van der Waals surface area contributed by atoms with Crippen molar-refractivity contribution in [1.82, 2.24) is 36.8 Å². The summed E-state index contributed by atoms with van der Waals surface area (Å²) in [6.45, 7) is 3.70. The number of nitrogens with two attached hydrogens (primary N) is 1. The maximum atomic E-state index is 14.8. The highest BCUT2D eigenvalue weighted by molar-refractivity contribution is 5.96. The lowest BCUT2D eigenvalue weighted by molar-refractivity contribution is -0.147. The Labute approximate surface area is 333 Å². The smallest absolute Gasteiger partial charge is 0.326 e. The van der Waals surface area contributed by atoms with Gasteiger partial charge in [-0.1, -0.05) is 87.7 Å². The molecule has 1 fully saturated rings. The number of carboxylic acids is 1. The van der Waals surface area contributed by atoms with Crippen molar-refractivity contribution in [1.29, 1.82) is 0 Å². The summed E-state index contributed by atoms with van der Waals surface area (Å²) in [5.41, 5.74) is 7.61. The molecule has 1 aliphatic heterocycles. The number of benzene rings is 2. The summed E-state index contributed by atoms with van der Waals surface area (Å²) in [4.78, 5) is 94.7. The monoisotopic (exact) mass is 790 g/mol. The number of nitrogens with zero attached hydrogens (tertiary/aromatic N) is 1. The molecule has 1 saturated carbocycles. The fourth-order valence-corrected chi connectivity index (χ4v) is 7.57. The fourth-order valence-electron chi connectivity index (χ4n) is 7.57. The molecule has 1 heterocycles. The minimum absolute atomic E-state index is 0.00141. The first kappa shape index (κ1) is 44.2. The maximum absolute atomic E-state index is 14.8. The zero-order valence-electron chi connectivity index (χ0n) is 33.1. The average Bonchev–Trinajstić information content (AvgIpc) is 3.19. The predicted octanol–water partition coefficient (Wildman–Crippen LogP) is 1.11. The third kappa shape index (κ3) is 13.0. The number of primary amides is 1. The molecule has 310 valence electrons. The van der Waals surface area contributed by atoms with E-state index in [4.69, 9.17) is 5.73 Å². The number of rotatable bonds is 19. The number of aliphatic carboxylic acids is 1. The van der Waals surface area contributed by atoms with Crippen LogP contribution < -0.4 is 37.6 Å². The van der Waals surface area contributed by atoms with Gasteiger partial charge in [0.15, 0.2) is 0 Å². The van der Waals surface area contributed by atoms with Crippen molar-refractivity contribution in [2.75, 3.05) is 20.1 Å². The van der Waals surface area contributed by atoms with Crippen molar-refractivity contribution in [3.8, 4) is 0 Å². The van der Waals surface area contributed by atoms with Gasteiger partial charge in [0.1, 0.15) is 30.2 Å². The van der Waals surface area contributed by atoms with E-state index in [1.807, 2.05) is 24.3 Å². The Morgan fingerprint density at radius 2 is 1.49 bits per heavy atom. The zero-order valence-corrected chi connectivity index (χ0v) is 33.1. The van der Waals surface area contributed by atoms with Crippen molar-refractivity contribution in [2.24, 2.45) is 17.6 Å². The average molecular weight is 791 g/mol. The van der Waals surface area contributed by atoms with E-state index in [1.54, 1.807) is 51.2 Å². The Hall–Kier alpha value is -5.51. The number of likely N-dealkylation sites (N-methyl/N-ethyl adjacent to an activating group) is 1. The molecule has 16 heteroatoms. The van der Waals surface area contributed by atoms with Crippen LogP contribution in [0.25, 0.3) is 0 Å². The molecule has 0 bridgehead atoms. The number of carbonyl (C=O) groups is 7. The molecule has 0 aromatic heterocycles. The van der Waals surface area contributed by atoms with Crippen molar-refractivity contribution in [3.05, 3.63) is 71.3 Å². The van der Waals surface area contributed by atoms with Gasteiger partial charge in [0.2, 0.25) is 29.5 Å². The van der Waals surface area contributed by atoms with E-state index in [9.17, 15) is 38.7 Å². The highest BCUT2D eigenvalue weighted by Crippen LogP contribution is 2.28. The Bertz CT molecular complexity index is 1720. The molecule has 1 unspecified atom stereocenters. The lowest BCUT2D eigenvalue weighted by Crippen LogP contribution is -2.62. The van der Waals surface area contributed by atoms with Gasteiger partial charge in [0.25, 0.3) is 0 Å². The molecule has 57 heavy (non-hydrogen) atoms. The molecular weight excluding hydrogens is 732 g/mol. The van der Waals surface area contributed by atoms with E-state index in [0.717, 1.165) is 30.4 Å². The molecule has 0 radical (unpaired) electrons. The minimum atomic E-state index is -1.28. The summed E-state index contributed by atoms with van der Waals surface area (Å²) >= 11 is 0. The van der Waals surface area contributed by atoms with Crippen molar-refractivity contribution < 1.29 is 38.7 Å². The number of carbonyl (C=O) groups excluding carboxylic acids is 6. The number of fused-ring (bicyclic) bond motifs is 1. The normalized spacial score (nSPS) is 17.5. The molecule has 2 aromatic rings. The number of urea groups is 1. The van der Waals surface area contributed by atoms with Crippen molar-refractivity contribution in [2.45, 2.75) is 108 Å². The number of hydrogen-bond donors (Lipinski definition) is 8. The van der Waals surface area contributed by atoms with Crippen LogP contribution in [0.2, 0.25) is 0 Å². The van der Waals surface area contributed by atoms with E-state index < -0.39 is 65.8 Å². The number of carboxylic acid groups (broad SMARTS) is 1. The first-order chi connectivity index (χ1) is 27.3. The van der Waals surface area contributed by atoms with Crippen LogP contribution in [0.4, 0.5) is 4.79 Å². The predicted molar refractivity (Wildman–Crippen MR) is 212 cm³/mol. The molecule has 4 rings (SSSR count). The minimum Gasteiger partial charge on any atom is -0.480 e. The third-order valence-corrected chi connectivity index (χ3v) is 10.6. The fraction of sp³-hybridized carbons (Fsp3) is 0.537. The van der Waals surface area contributed by atoms with Gasteiger partial charge in [-0.2, -0.15) is 0 Å². The van der Waals surface area contributed by atoms with Gasteiger partial charge in [-0.25, -0.2) is 9.59 Å². The van der Waals surface area contributed by atoms with Gasteiger partial charge in [0.05, 0.1) is 6.54 Å². The maximum Gasteiger partial charge on any atom is 0.326 e. The van der Waals surface area contributed by atoms with Crippen LogP contribution in [-0.4, -0.2) is 102 Å². The molecule has 9 N–H and O–H groups in total. The standard InChI is InChI=1S/C41H58N8O8/c1-25(2)34(47-33(50)23-43-3)37(52)48-35(27-15-8-5-9-16-27)38(53)45-30(19-12-20-44-41(42)57)39(54)49-24-29-18-11-10-17-28(29)22-32(49)36(51)46-31(40(55)56)21-26-13-6-4-7-14-26/h4,6-7,10-11,13-14,17-18,25,27,30-32,34-35,43H,5,8-9,12,15-16,19-24H2,1-3H3,(H,45,53)(H,46,51)(H,47,50)(H,48,52)(H,55,56)(H3,42,44,57)/t30-,31-,32-,34-,35?/m0/s1. The number of nitrogens with one attached hydrogen (secondary N) is 6. The summed E-state index contributed by atoms with van der Waals surface area (Å²) in [6.07, 6.45) is 4.41. The Balaban J connectivity index is 1.64. The van der Waals surface area contributed by atoms with E-state index in [0.29, 0.717) is 18.4 Å². The molecular formula is C41H58N8O8. The van der Waals surface area contributed by atoms with Gasteiger partial charge in [-0.15, -0.1) is 0 Å². The van der Waals surface area contributed by atoms with Crippen LogP contribution in [-0.2, 0) is 48.2 Å². The first-order valence-electron chi connectivity index (χ1n) is 19.8. The summed E-state index contributed by atoms with van der Waals surface area (Å²) in [5.74, 6) is -4.51. The third-order valence-electron chi connectivity index (χ3n) is 10.6. The van der Waals surface area contributed by atoms with Gasteiger partial charge >= 0.3 is 12.0 Å². The Morgan fingerprint density at radius 3 is 2.12 bits per heavy atom. The van der Waals surface area contributed by atoms with Crippen molar-refractivity contribution >= 4 is 41.5 Å². The van der Waals surface area contributed by atoms with Gasteiger partial charge in [0, 0.05) is 25.9 Å². The molecule has 2 aliphatic rings. The second kappa shape index (κ2) is 21.7. The van der Waals surface area contributed by atoms with Crippen LogP contribution in [0, 0.1) is 11.8 Å². The van der Waals surface area contributed by atoms with E-state index >= 15 is 0 Å². The van der Waals surface area contributed by atoms with Crippen LogP contribution in [0.5, 0.6) is 0 Å². The lowest BCUT2D eigenvalue weighted by atomic mass is 9.83. The molecule has 16 nitrogen and oxygen atoms in total. The lowest BCUT2D eigenvalue weighted by Gasteiger charge is -2.39. The molecule has 0 saturated heterocycles. The van der Waals surface area contributed by atoms with Crippen LogP contribution in [0.15, 0.2) is 54.6 Å². The second-order valence-corrected chi connectivity index (χ2v) is 15.2. The quantitative estimate of drug-likeness (QED) is 0.0950. The van der Waals surface area contributed by atoms with Gasteiger partial charge in [-0.05, 0) is 61.3 Å². The summed E-state index contributed by atoms with van der Waals surface area (Å²) in [5, 5.41) is 26.5. The topological polar surface area (TPSA) is 241 Å². The summed E-state index contributed by atoms with van der Waals surface area (Å²) in [7, 11) is 1.62. The van der Waals surface area contributed by atoms with E-state index in [2.05, 4.69) is 31.9 Å². The van der Waals surface area contributed by atoms with E-state index in [-0.39, 0.29) is 63.1 Å². The summed E-state index contributed by atoms with van der Waals surface area (Å²) in [6, 6.07) is 9.93. The Kier molecular flexibility index (Phi) is 16.8. The largest absolute Gasteiger partial charge is 0.480 e. The van der Waals surface area contributed by atoms with Gasteiger partial charge < -0.3 is 47.6 Å². The molecule has 7 amide bonds. The van der Waals surface area contributed by atoms with Gasteiger partial charge in [-0.3, -0.25) is 24.0 Å². The molecule has 0 spiro atoms.